The molecule has 1 aromatic heterocycles. The Balaban J connectivity index is 2.27. The highest BCUT2D eigenvalue weighted by Gasteiger charge is 2.19. The van der Waals surface area contributed by atoms with Gasteiger partial charge in [-0.05, 0) is 24.6 Å². The molecule has 0 atom stereocenters. The molecule has 0 saturated carbocycles. The maximum atomic E-state index is 12.6. The van der Waals surface area contributed by atoms with E-state index in [1.54, 1.807) is 11.0 Å². The predicted molar refractivity (Wildman–Crippen MR) is 85.5 cm³/mol. The number of halogens is 2. The van der Waals surface area contributed by atoms with Crippen molar-refractivity contribution in [3.63, 3.8) is 0 Å². The summed E-state index contributed by atoms with van der Waals surface area (Å²) >= 11 is 12.1. The summed E-state index contributed by atoms with van der Waals surface area (Å²) in [7, 11) is 0. The summed E-state index contributed by atoms with van der Waals surface area (Å²) in [5, 5.41) is 0.771. The van der Waals surface area contributed by atoms with Crippen LogP contribution in [0.5, 0.6) is 0 Å². The van der Waals surface area contributed by atoms with E-state index in [0.29, 0.717) is 29.4 Å². The van der Waals surface area contributed by atoms with Crippen LogP contribution in [-0.2, 0) is 6.54 Å². The number of anilines is 1. The number of rotatable bonds is 4. The van der Waals surface area contributed by atoms with Gasteiger partial charge in [-0.1, -0.05) is 41.4 Å². The Hall–Kier alpha value is -1.78. The third kappa shape index (κ3) is 3.65. The number of nitrogens with zero attached hydrogens (tertiary/aromatic N) is 2. The summed E-state index contributed by atoms with van der Waals surface area (Å²) in [6.07, 6.45) is 1.42. The third-order valence-electron chi connectivity index (χ3n) is 3.08. The van der Waals surface area contributed by atoms with E-state index in [0.717, 1.165) is 5.56 Å². The second kappa shape index (κ2) is 6.78. The minimum atomic E-state index is -0.220. The van der Waals surface area contributed by atoms with Gasteiger partial charge in [0.05, 0.1) is 17.4 Å². The predicted octanol–water partition coefficient (Wildman–Crippen LogP) is 3.63. The van der Waals surface area contributed by atoms with Crippen LogP contribution >= 0.6 is 23.2 Å². The topological polar surface area (TPSA) is 59.2 Å². The number of carbonyl (C=O) groups is 1. The molecule has 21 heavy (non-hydrogen) atoms. The van der Waals surface area contributed by atoms with Crippen molar-refractivity contribution in [3.8, 4) is 0 Å². The van der Waals surface area contributed by atoms with Crippen molar-refractivity contribution in [2.24, 2.45) is 0 Å². The van der Waals surface area contributed by atoms with Crippen LogP contribution in [0.4, 0.5) is 5.69 Å². The summed E-state index contributed by atoms with van der Waals surface area (Å²) in [4.78, 5) is 18.1. The van der Waals surface area contributed by atoms with E-state index < -0.39 is 0 Å². The molecular formula is C15H15Cl2N3O. The zero-order chi connectivity index (χ0) is 15.4. The fraction of sp³-hybridized carbons (Fsp3) is 0.200. The van der Waals surface area contributed by atoms with Gasteiger partial charge in [-0.3, -0.25) is 4.79 Å². The fourth-order valence-corrected chi connectivity index (χ4v) is 2.32. The Morgan fingerprint density at radius 3 is 2.71 bits per heavy atom. The van der Waals surface area contributed by atoms with Crippen LogP contribution in [0.1, 0.15) is 22.8 Å². The van der Waals surface area contributed by atoms with Crippen molar-refractivity contribution in [2.45, 2.75) is 13.5 Å². The van der Waals surface area contributed by atoms with Crippen molar-refractivity contribution in [3.05, 3.63) is 57.8 Å². The molecule has 0 spiro atoms. The number of amides is 1. The first kappa shape index (κ1) is 15.6. The second-order valence-electron chi connectivity index (χ2n) is 4.52. The number of carbonyl (C=O) groups excluding carboxylic acids is 1. The number of hydrogen-bond donors (Lipinski definition) is 1. The van der Waals surface area contributed by atoms with Gasteiger partial charge in [0.25, 0.3) is 5.91 Å². The van der Waals surface area contributed by atoms with Crippen molar-refractivity contribution < 1.29 is 4.79 Å². The molecule has 2 N–H and O–H groups in total. The Labute approximate surface area is 133 Å². The Morgan fingerprint density at radius 2 is 2.05 bits per heavy atom. The van der Waals surface area contributed by atoms with Crippen molar-refractivity contribution in [1.82, 2.24) is 9.88 Å². The highest BCUT2D eigenvalue weighted by Crippen LogP contribution is 2.21. The van der Waals surface area contributed by atoms with E-state index in [9.17, 15) is 4.79 Å². The second-order valence-corrected chi connectivity index (χ2v) is 5.28. The number of hydrogen-bond acceptors (Lipinski definition) is 3. The number of nitrogen functional groups attached to an aromatic ring is 1. The molecule has 1 aromatic carbocycles. The average Bonchev–Trinajstić information content (AvgIpc) is 2.48. The molecule has 0 fully saturated rings. The van der Waals surface area contributed by atoms with E-state index in [1.165, 1.54) is 12.3 Å². The van der Waals surface area contributed by atoms with E-state index >= 15 is 0 Å². The normalized spacial score (nSPS) is 10.4. The molecule has 4 nitrogen and oxygen atoms in total. The average molecular weight is 324 g/mol. The SMILES string of the molecule is CCN(Cc1ccccc1Cl)C(=O)c1cc(N)cnc1Cl. The highest BCUT2D eigenvalue weighted by atomic mass is 35.5. The molecule has 0 aliphatic carbocycles. The number of pyridine rings is 1. The van der Waals surface area contributed by atoms with Crippen molar-refractivity contribution >= 4 is 34.8 Å². The molecule has 6 heteroatoms. The van der Waals surface area contributed by atoms with E-state index in [4.69, 9.17) is 28.9 Å². The van der Waals surface area contributed by atoms with Gasteiger partial charge in [0, 0.05) is 18.1 Å². The van der Waals surface area contributed by atoms with Crippen LogP contribution in [-0.4, -0.2) is 22.3 Å². The zero-order valence-electron chi connectivity index (χ0n) is 11.5. The van der Waals surface area contributed by atoms with Crippen molar-refractivity contribution in [1.29, 1.82) is 0 Å². The molecule has 0 radical (unpaired) electrons. The summed E-state index contributed by atoms with van der Waals surface area (Å²) in [6.45, 7) is 2.82. The molecule has 1 heterocycles. The molecule has 0 aliphatic rings. The maximum absolute atomic E-state index is 12.6. The molecule has 2 aromatic rings. The lowest BCUT2D eigenvalue weighted by atomic mass is 10.2. The first-order valence-electron chi connectivity index (χ1n) is 6.46. The summed E-state index contributed by atoms with van der Waals surface area (Å²) in [6, 6.07) is 8.95. The van der Waals surface area contributed by atoms with Gasteiger partial charge in [0.15, 0.2) is 0 Å². The van der Waals surface area contributed by atoms with Gasteiger partial charge in [-0.25, -0.2) is 4.98 Å². The molecule has 0 aliphatic heterocycles. The van der Waals surface area contributed by atoms with Gasteiger partial charge in [0.2, 0.25) is 0 Å². The van der Waals surface area contributed by atoms with Crippen LogP contribution < -0.4 is 5.73 Å². The first-order valence-corrected chi connectivity index (χ1v) is 7.22. The van der Waals surface area contributed by atoms with Gasteiger partial charge in [-0.2, -0.15) is 0 Å². The molecule has 110 valence electrons. The molecule has 0 unspecified atom stereocenters. The maximum Gasteiger partial charge on any atom is 0.257 e. The molecule has 1 amide bonds. The zero-order valence-corrected chi connectivity index (χ0v) is 13.0. The van der Waals surface area contributed by atoms with E-state index in [2.05, 4.69) is 4.98 Å². The Morgan fingerprint density at radius 1 is 1.33 bits per heavy atom. The van der Waals surface area contributed by atoms with Crippen LogP contribution in [0, 0.1) is 0 Å². The Bertz CT molecular complexity index is 661. The smallest absolute Gasteiger partial charge is 0.257 e. The lowest BCUT2D eigenvalue weighted by Gasteiger charge is -2.22. The monoisotopic (exact) mass is 323 g/mol. The third-order valence-corrected chi connectivity index (χ3v) is 3.75. The van der Waals surface area contributed by atoms with Gasteiger partial charge in [-0.15, -0.1) is 0 Å². The standard InChI is InChI=1S/C15H15Cl2N3O/c1-2-20(9-10-5-3-4-6-13(10)16)15(21)12-7-11(18)8-19-14(12)17/h3-8H,2,9,18H2,1H3. The summed E-state index contributed by atoms with van der Waals surface area (Å²) in [5.74, 6) is -0.220. The molecule has 0 saturated heterocycles. The molecule has 0 bridgehead atoms. The fourth-order valence-electron chi connectivity index (χ4n) is 1.94. The van der Waals surface area contributed by atoms with Gasteiger partial charge >= 0.3 is 0 Å². The van der Waals surface area contributed by atoms with Crippen LogP contribution in [0.25, 0.3) is 0 Å². The minimum Gasteiger partial charge on any atom is -0.397 e. The largest absolute Gasteiger partial charge is 0.397 e. The van der Waals surface area contributed by atoms with Crippen molar-refractivity contribution in [2.75, 3.05) is 12.3 Å². The number of nitrogens with two attached hydrogens (primary N) is 1. The number of aromatic nitrogens is 1. The minimum absolute atomic E-state index is 0.145. The lowest BCUT2D eigenvalue weighted by Crippen LogP contribution is -2.30. The molecule has 2 rings (SSSR count). The Kier molecular flexibility index (Phi) is 5.04. The van der Waals surface area contributed by atoms with Gasteiger partial charge in [0.1, 0.15) is 5.15 Å². The van der Waals surface area contributed by atoms with E-state index in [-0.39, 0.29) is 11.1 Å². The van der Waals surface area contributed by atoms with Crippen LogP contribution in [0.15, 0.2) is 36.5 Å². The lowest BCUT2D eigenvalue weighted by molar-refractivity contribution is 0.0752. The van der Waals surface area contributed by atoms with Crippen LogP contribution in [0.2, 0.25) is 10.2 Å². The first-order chi connectivity index (χ1) is 10.0. The summed E-state index contributed by atoms with van der Waals surface area (Å²) < 4.78 is 0. The van der Waals surface area contributed by atoms with Crippen LogP contribution in [0.3, 0.4) is 0 Å². The number of benzene rings is 1. The summed E-state index contributed by atoms with van der Waals surface area (Å²) in [5.41, 5.74) is 7.24. The van der Waals surface area contributed by atoms with E-state index in [1.807, 2.05) is 25.1 Å². The molecular weight excluding hydrogens is 309 g/mol. The highest BCUT2D eigenvalue weighted by molar-refractivity contribution is 6.32. The quantitative estimate of drug-likeness (QED) is 0.874. The van der Waals surface area contributed by atoms with Gasteiger partial charge < -0.3 is 10.6 Å².